The molecule has 0 bridgehead atoms. The summed E-state index contributed by atoms with van der Waals surface area (Å²) in [6.07, 6.45) is 18.3. The Labute approximate surface area is 270 Å². The van der Waals surface area contributed by atoms with Crippen LogP contribution in [0.1, 0.15) is 96.0 Å². The largest absolute Gasteiger partial charge is 0.365 e. The minimum atomic E-state index is -0.561. The van der Waals surface area contributed by atoms with Crippen molar-refractivity contribution in [2.45, 2.75) is 109 Å². The molecule has 1 fully saturated rings. The Morgan fingerprint density at radius 2 is 1.70 bits per heavy atom. The van der Waals surface area contributed by atoms with Crippen LogP contribution in [-0.2, 0) is 6.54 Å². The van der Waals surface area contributed by atoms with Gasteiger partial charge in [-0.1, -0.05) is 88.6 Å². The molecule has 246 valence electrons. The highest BCUT2D eigenvalue weighted by Gasteiger charge is 2.26. The molecular formula is C36H47F2N7O. The lowest BCUT2D eigenvalue weighted by Gasteiger charge is -2.33. The molecule has 0 radical (unpaired) electrons. The summed E-state index contributed by atoms with van der Waals surface area (Å²) in [5.41, 5.74) is 2.16. The second-order valence-corrected chi connectivity index (χ2v) is 12.5. The molecule has 0 spiro atoms. The highest BCUT2D eigenvalue weighted by atomic mass is 19.1. The number of aromatic nitrogens is 4. The van der Waals surface area contributed by atoms with Crippen LogP contribution in [-0.4, -0.2) is 49.5 Å². The van der Waals surface area contributed by atoms with E-state index < -0.39 is 11.6 Å². The number of amides is 2. The predicted molar refractivity (Wildman–Crippen MR) is 179 cm³/mol. The van der Waals surface area contributed by atoms with Crippen LogP contribution in [0.3, 0.4) is 0 Å². The monoisotopic (exact) mass is 631 g/mol. The summed E-state index contributed by atoms with van der Waals surface area (Å²) < 4.78 is 28.8. The van der Waals surface area contributed by atoms with Gasteiger partial charge in [0.05, 0.1) is 12.4 Å². The summed E-state index contributed by atoms with van der Waals surface area (Å²) in [6.45, 7) is 3.53. The first-order valence-corrected chi connectivity index (χ1v) is 17.0. The van der Waals surface area contributed by atoms with Crippen molar-refractivity contribution < 1.29 is 13.6 Å². The summed E-state index contributed by atoms with van der Waals surface area (Å²) in [5.74, 6) is -0.665. The Kier molecular flexibility index (Phi) is 12.3. The lowest BCUT2D eigenvalue weighted by atomic mass is 9.91. The number of rotatable bonds is 16. The van der Waals surface area contributed by atoms with Crippen molar-refractivity contribution in [2.24, 2.45) is 0 Å². The summed E-state index contributed by atoms with van der Waals surface area (Å²) in [5, 5.41) is 7.07. The average Bonchev–Trinajstić information content (AvgIpc) is 3.48. The standard InChI is InChI=1S/C36H47F2N7O/c1-2-3-4-5-6-7-8-9-13-19-45(25-26-15-11-10-12-16-26)36(46)43-29-18-14-17-28(21-29)42-35-32(38)24-41-34(44-35)31-23-40-33-30(31)20-27(37)22-39-33/h10-12,15-16,20,22-24,28-29H,2-9,13-14,17-19,21,25H2,1H3,(H,39,40)(H,43,46)(H,41,42,44)/t28-,29+/m0/s1. The van der Waals surface area contributed by atoms with Gasteiger partial charge < -0.3 is 20.5 Å². The number of carbonyl (C=O) groups excluding carboxylic acids is 1. The summed E-state index contributed by atoms with van der Waals surface area (Å²) >= 11 is 0. The minimum absolute atomic E-state index is 0.0350. The first-order valence-electron chi connectivity index (χ1n) is 17.0. The van der Waals surface area contributed by atoms with Gasteiger partial charge in [0.25, 0.3) is 0 Å². The molecule has 1 aliphatic rings. The van der Waals surface area contributed by atoms with E-state index in [4.69, 9.17) is 0 Å². The van der Waals surface area contributed by atoms with E-state index in [1.54, 1.807) is 6.20 Å². The van der Waals surface area contributed by atoms with Gasteiger partial charge in [-0.3, -0.25) is 0 Å². The Bertz CT molecular complexity index is 1530. The number of benzene rings is 1. The molecule has 10 heteroatoms. The molecule has 1 saturated carbocycles. The zero-order chi connectivity index (χ0) is 32.1. The molecular weight excluding hydrogens is 584 g/mol. The lowest BCUT2D eigenvalue weighted by molar-refractivity contribution is 0.185. The second-order valence-electron chi connectivity index (χ2n) is 12.5. The third kappa shape index (κ3) is 9.47. The van der Waals surface area contributed by atoms with Gasteiger partial charge in [-0.25, -0.2) is 28.5 Å². The molecule has 0 unspecified atom stereocenters. The molecule has 46 heavy (non-hydrogen) atoms. The highest BCUT2D eigenvalue weighted by Crippen LogP contribution is 2.28. The number of halogens is 2. The van der Waals surface area contributed by atoms with Crippen LogP contribution in [0.4, 0.5) is 19.4 Å². The normalized spacial score (nSPS) is 16.4. The van der Waals surface area contributed by atoms with Crippen molar-refractivity contribution in [3.63, 3.8) is 0 Å². The van der Waals surface area contributed by atoms with Gasteiger partial charge in [-0.15, -0.1) is 0 Å². The van der Waals surface area contributed by atoms with Crippen LogP contribution < -0.4 is 10.6 Å². The van der Waals surface area contributed by atoms with Gasteiger partial charge in [0, 0.05) is 42.3 Å². The molecule has 3 heterocycles. The summed E-state index contributed by atoms with van der Waals surface area (Å²) in [4.78, 5) is 31.2. The Morgan fingerprint density at radius 3 is 2.48 bits per heavy atom. The lowest BCUT2D eigenvalue weighted by Crippen LogP contribution is -2.48. The van der Waals surface area contributed by atoms with E-state index in [9.17, 15) is 13.6 Å². The topological polar surface area (TPSA) is 98.8 Å². The predicted octanol–water partition coefficient (Wildman–Crippen LogP) is 8.76. The molecule has 1 aromatic carbocycles. The maximum atomic E-state index is 14.9. The van der Waals surface area contributed by atoms with Crippen molar-refractivity contribution in [3.8, 4) is 11.4 Å². The maximum Gasteiger partial charge on any atom is 0.317 e. The van der Waals surface area contributed by atoms with E-state index >= 15 is 0 Å². The third-order valence-electron chi connectivity index (χ3n) is 8.86. The van der Waals surface area contributed by atoms with E-state index in [2.05, 4.69) is 49.6 Å². The Balaban J connectivity index is 1.16. The van der Waals surface area contributed by atoms with E-state index in [0.29, 0.717) is 36.1 Å². The number of hydrogen-bond donors (Lipinski definition) is 3. The number of fused-ring (bicyclic) bond motifs is 1. The maximum absolute atomic E-state index is 14.9. The molecule has 2 atom stereocenters. The molecule has 0 aliphatic heterocycles. The van der Waals surface area contributed by atoms with Crippen molar-refractivity contribution >= 4 is 22.9 Å². The van der Waals surface area contributed by atoms with Crippen LogP contribution in [0.15, 0.2) is 55.0 Å². The number of carbonyl (C=O) groups is 1. The number of nitrogens with zero attached hydrogens (tertiary/aromatic N) is 4. The summed E-state index contributed by atoms with van der Waals surface area (Å²) in [7, 11) is 0. The molecule has 3 N–H and O–H groups in total. The fourth-order valence-electron chi connectivity index (χ4n) is 6.34. The molecule has 2 amide bonds. The second kappa shape index (κ2) is 17.0. The fourth-order valence-corrected chi connectivity index (χ4v) is 6.34. The minimum Gasteiger partial charge on any atom is -0.365 e. The number of unbranched alkanes of at least 4 members (excludes halogenated alkanes) is 8. The van der Waals surface area contributed by atoms with Crippen molar-refractivity contribution in [2.75, 3.05) is 11.9 Å². The van der Waals surface area contributed by atoms with Gasteiger partial charge in [0.1, 0.15) is 11.5 Å². The quantitative estimate of drug-likeness (QED) is 0.107. The third-order valence-corrected chi connectivity index (χ3v) is 8.86. The highest BCUT2D eigenvalue weighted by molar-refractivity contribution is 5.91. The Hall–Kier alpha value is -4.08. The van der Waals surface area contributed by atoms with E-state index in [-0.39, 0.29) is 29.8 Å². The van der Waals surface area contributed by atoms with E-state index in [1.807, 2.05) is 23.1 Å². The summed E-state index contributed by atoms with van der Waals surface area (Å²) in [6, 6.07) is 11.3. The number of hydrogen-bond acceptors (Lipinski definition) is 5. The average molecular weight is 632 g/mol. The zero-order valence-corrected chi connectivity index (χ0v) is 26.9. The number of nitrogens with one attached hydrogen (secondary N) is 3. The SMILES string of the molecule is CCCCCCCCCCCN(Cc1ccccc1)C(=O)N[C@@H]1CCC[C@H](Nc2nc(-c3c[nH]c4ncc(F)cc34)ncc2F)C1. The number of anilines is 1. The van der Waals surface area contributed by atoms with Crippen molar-refractivity contribution in [1.82, 2.24) is 30.2 Å². The van der Waals surface area contributed by atoms with Crippen molar-refractivity contribution in [1.29, 1.82) is 0 Å². The zero-order valence-electron chi connectivity index (χ0n) is 26.9. The first-order chi connectivity index (χ1) is 22.5. The van der Waals surface area contributed by atoms with Gasteiger partial charge in [0.2, 0.25) is 0 Å². The number of H-pyrrole nitrogens is 1. The molecule has 4 aromatic rings. The smallest absolute Gasteiger partial charge is 0.317 e. The van der Waals surface area contributed by atoms with Crippen molar-refractivity contribution in [3.05, 3.63) is 72.2 Å². The van der Waals surface area contributed by atoms with Crippen LogP contribution >= 0.6 is 0 Å². The van der Waals surface area contributed by atoms with Crippen LogP contribution in [0.25, 0.3) is 22.4 Å². The van der Waals surface area contributed by atoms with E-state index in [0.717, 1.165) is 50.1 Å². The molecule has 3 aromatic heterocycles. The van der Waals surface area contributed by atoms with E-state index in [1.165, 1.54) is 51.0 Å². The van der Waals surface area contributed by atoms with Crippen LogP contribution in [0, 0.1) is 11.6 Å². The molecule has 8 nitrogen and oxygen atoms in total. The number of pyridine rings is 1. The van der Waals surface area contributed by atoms with Crippen LogP contribution in [0.5, 0.6) is 0 Å². The fraction of sp³-hybridized carbons (Fsp3) is 0.500. The van der Waals surface area contributed by atoms with Gasteiger partial charge >= 0.3 is 6.03 Å². The van der Waals surface area contributed by atoms with Gasteiger partial charge in [-0.05, 0) is 43.7 Å². The molecule has 1 aliphatic carbocycles. The number of urea groups is 1. The number of aromatic amines is 1. The van der Waals surface area contributed by atoms with Gasteiger partial charge in [-0.2, -0.15) is 0 Å². The Morgan fingerprint density at radius 1 is 0.957 bits per heavy atom. The molecule has 0 saturated heterocycles. The van der Waals surface area contributed by atoms with Crippen LogP contribution in [0.2, 0.25) is 0 Å². The first kappa shape index (κ1) is 33.3. The van der Waals surface area contributed by atoms with Gasteiger partial charge in [0.15, 0.2) is 17.5 Å². The molecule has 5 rings (SSSR count).